The maximum Gasteiger partial charge on any atom is 0.149 e. The molecule has 17 heavy (non-hydrogen) atoms. The molecule has 1 aromatic heterocycles. The number of para-hydroxylation sites is 1. The van der Waals surface area contributed by atoms with Gasteiger partial charge in [0, 0.05) is 19.0 Å². The van der Waals surface area contributed by atoms with Crippen molar-refractivity contribution in [3.05, 3.63) is 29.8 Å². The molecule has 1 aromatic carbocycles. The highest BCUT2D eigenvalue weighted by Crippen LogP contribution is 2.27. The first-order valence-electron chi connectivity index (χ1n) is 6.17. The molecule has 0 saturated carbocycles. The summed E-state index contributed by atoms with van der Waals surface area (Å²) in [4.78, 5) is 4.53. The second kappa shape index (κ2) is 4.11. The Hall–Kier alpha value is -1.42. The van der Waals surface area contributed by atoms with Gasteiger partial charge in [0.2, 0.25) is 0 Å². The van der Waals surface area contributed by atoms with Gasteiger partial charge in [-0.3, -0.25) is 0 Å². The van der Waals surface area contributed by atoms with Crippen LogP contribution in [0.25, 0.3) is 11.0 Å². The minimum Gasteiger partial charge on any atom is -0.321 e. The molecule has 2 aromatic rings. The summed E-state index contributed by atoms with van der Waals surface area (Å²) in [6.45, 7) is 3.98. The van der Waals surface area contributed by atoms with Gasteiger partial charge in [-0.15, -0.1) is 0 Å². The number of fused-ring (bicyclic) bond motifs is 1. The third kappa shape index (κ3) is 1.63. The average Bonchev–Trinajstić information content (AvgIpc) is 2.95. The molecular formula is C13H16FN3. The van der Waals surface area contributed by atoms with E-state index in [-0.39, 0.29) is 5.82 Å². The zero-order chi connectivity index (χ0) is 11.8. The fraction of sp³-hybridized carbons (Fsp3) is 0.462. The standard InChI is InChI=1S/C13H16FN3/c1-2-12-16-11-5-3-4-10(14)13(11)17(12)9-6-7-15-8-9/h3-5,9,15H,2,6-8H2,1H3. The molecule has 1 unspecified atom stereocenters. The van der Waals surface area contributed by atoms with Gasteiger partial charge < -0.3 is 9.88 Å². The third-order valence-corrected chi connectivity index (χ3v) is 3.45. The molecule has 1 atom stereocenters. The first kappa shape index (κ1) is 10.7. The van der Waals surface area contributed by atoms with Crippen LogP contribution in [0.3, 0.4) is 0 Å². The molecule has 3 nitrogen and oxygen atoms in total. The topological polar surface area (TPSA) is 29.9 Å². The van der Waals surface area contributed by atoms with Gasteiger partial charge >= 0.3 is 0 Å². The number of halogens is 1. The zero-order valence-electron chi connectivity index (χ0n) is 9.91. The van der Waals surface area contributed by atoms with Crippen molar-refractivity contribution in [2.24, 2.45) is 0 Å². The number of nitrogens with one attached hydrogen (secondary N) is 1. The molecule has 2 heterocycles. The number of aromatic nitrogens is 2. The first-order valence-corrected chi connectivity index (χ1v) is 6.17. The Morgan fingerprint density at radius 1 is 1.53 bits per heavy atom. The molecule has 1 N–H and O–H groups in total. The van der Waals surface area contributed by atoms with Gasteiger partial charge in [0.1, 0.15) is 17.2 Å². The van der Waals surface area contributed by atoms with Crippen LogP contribution in [0.5, 0.6) is 0 Å². The maximum atomic E-state index is 14.0. The van der Waals surface area contributed by atoms with Crippen LogP contribution in [0, 0.1) is 5.82 Å². The van der Waals surface area contributed by atoms with Gasteiger partial charge in [-0.25, -0.2) is 9.37 Å². The lowest BCUT2D eigenvalue weighted by Crippen LogP contribution is -2.15. The van der Waals surface area contributed by atoms with E-state index in [1.165, 1.54) is 6.07 Å². The van der Waals surface area contributed by atoms with Crippen LogP contribution >= 0.6 is 0 Å². The number of hydrogen-bond acceptors (Lipinski definition) is 2. The minimum atomic E-state index is -0.165. The van der Waals surface area contributed by atoms with Gasteiger partial charge in [-0.1, -0.05) is 13.0 Å². The van der Waals surface area contributed by atoms with Crippen molar-refractivity contribution in [2.75, 3.05) is 13.1 Å². The average molecular weight is 233 g/mol. The molecule has 0 bridgehead atoms. The molecule has 4 heteroatoms. The normalized spacial score (nSPS) is 20.2. The van der Waals surface area contributed by atoms with Crippen molar-refractivity contribution in [1.29, 1.82) is 0 Å². The van der Waals surface area contributed by atoms with Gasteiger partial charge in [0.25, 0.3) is 0 Å². The highest BCUT2D eigenvalue weighted by atomic mass is 19.1. The van der Waals surface area contributed by atoms with E-state index in [0.717, 1.165) is 37.3 Å². The summed E-state index contributed by atoms with van der Waals surface area (Å²) in [6, 6.07) is 5.46. The quantitative estimate of drug-likeness (QED) is 0.862. The Labute approximate surface area is 99.7 Å². The van der Waals surface area contributed by atoms with Crippen LogP contribution < -0.4 is 5.32 Å². The SMILES string of the molecule is CCc1nc2cccc(F)c2n1C1CCNC1. The van der Waals surface area contributed by atoms with E-state index in [4.69, 9.17) is 0 Å². The molecule has 1 saturated heterocycles. The Bertz CT molecular complexity index is 541. The summed E-state index contributed by atoms with van der Waals surface area (Å²) >= 11 is 0. The second-order valence-corrected chi connectivity index (χ2v) is 4.51. The van der Waals surface area contributed by atoms with E-state index >= 15 is 0 Å². The number of benzene rings is 1. The van der Waals surface area contributed by atoms with Crippen LogP contribution in [0.1, 0.15) is 25.2 Å². The molecular weight excluding hydrogens is 217 g/mol. The Morgan fingerprint density at radius 2 is 2.41 bits per heavy atom. The molecule has 1 aliphatic rings. The molecule has 0 radical (unpaired) electrons. The summed E-state index contributed by atoms with van der Waals surface area (Å²) in [6.07, 6.45) is 1.89. The van der Waals surface area contributed by atoms with E-state index in [9.17, 15) is 4.39 Å². The highest BCUT2D eigenvalue weighted by Gasteiger charge is 2.23. The van der Waals surface area contributed by atoms with Crippen molar-refractivity contribution in [3.8, 4) is 0 Å². The zero-order valence-corrected chi connectivity index (χ0v) is 9.91. The smallest absolute Gasteiger partial charge is 0.149 e. The van der Waals surface area contributed by atoms with Gasteiger partial charge in [0.05, 0.1) is 5.52 Å². The molecule has 0 aliphatic carbocycles. The van der Waals surface area contributed by atoms with Crippen molar-refractivity contribution >= 4 is 11.0 Å². The van der Waals surface area contributed by atoms with E-state index in [1.54, 1.807) is 6.07 Å². The van der Waals surface area contributed by atoms with Crippen LogP contribution in [-0.2, 0) is 6.42 Å². The number of imidazole rings is 1. The Balaban J connectivity index is 2.24. The first-order chi connectivity index (χ1) is 8.31. The van der Waals surface area contributed by atoms with Crippen LogP contribution in [-0.4, -0.2) is 22.6 Å². The van der Waals surface area contributed by atoms with Crippen LogP contribution in [0.15, 0.2) is 18.2 Å². The summed E-state index contributed by atoms with van der Waals surface area (Å²) in [5.74, 6) is 0.820. The van der Waals surface area contributed by atoms with E-state index in [0.29, 0.717) is 11.6 Å². The predicted molar refractivity (Wildman–Crippen MR) is 65.6 cm³/mol. The van der Waals surface area contributed by atoms with Gasteiger partial charge in [0.15, 0.2) is 0 Å². The monoisotopic (exact) mass is 233 g/mol. The fourth-order valence-corrected chi connectivity index (χ4v) is 2.66. The second-order valence-electron chi connectivity index (χ2n) is 4.51. The predicted octanol–water partition coefficient (Wildman–Crippen LogP) is 2.27. The van der Waals surface area contributed by atoms with Gasteiger partial charge in [-0.05, 0) is 25.1 Å². The maximum absolute atomic E-state index is 14.0. The Morgan fingerprint density at radius 3 is 3.12 bits per heavy atom. The molecule has 0 amide bonds. The van der Waals surface area contributed by atoms with E-state index in [1.807, 2.05) is 6.07 Å². The largest absolute Gasteiger partial charge is 0.321 e. The van der Waals surface area contributed by atoms with E-state index < -0.39 is 0 Å². The fourth-order valence-electron chi connectivity index (χ4n) is 2.66. The van der Waals surface area contributed by atoms with Crippen molar-refractivity contribution in [1.82, 2.24) is 14.9 Å². The summed E-state index contributed by atoms with van der Waals surface area (Å²) in [5.41, 5.74) is 1.44. The summed E-state index contributed by atoms with van der Waals surface area (Å²) < 4.78 is 16.1. The summed E-state index contributed by atoms with van der Waals surface area (Å²) in [7, 11) is 0. The van der Waals surface area contributed by atoms with Crippen molar-refractivity contribution in [2.45, 2.75) is 25.8 Å². The lowest BCUT2D eigenvalue weighted by Gasteiger charge is -2.15. The lowest BCUT2D eigenvalue weighted by molar-refractivity contribution is 0.527. The van der Waals surface area contributed by atoms with Crippen LogP contribution in [0.4, 0.5) is 4.39 Å². The van der Waals surface area contributed by atoms with Gasteiger partial charge in [-0.2, -0.15) is 0 Å². The lowest BCUT2D eigenvalue weighted by atomic mass is 10.2. The molecule has 1 fully saturated rings. The molecule has 3 rings (SSSR count). The number of rotatable bonds is 2. The number of aryl methyl sites for hydroxylation is 1. The van der Waals surface area contributed by atoms with E-state index in [2.05, 4.69) is 21.8 Å². The number of hydrogen-bond donors (Lipinski definition) is 1. The number of nitrogens with zero attached hydrogens (tertiary/aromatic N) is 2. The molecule has 1 aliphatic heterocycles. The Kier molecular flexibility index (Phi) is 2.59. The molecule has 90 valence electrons. The van der Waals surface area contributed by atoms with Crippen molar-refractivity contribution < 1.29 is 4.39 Å². The molecule has 0 spiro atoms. The van der Waals surface area contributed by atoms with Crippen LogP contribution in [0.2, 0.25) is 0 Å². The minimum absolute atomic E-state index is 0.165. The summed E-state index contributed by atoms with van der Waals surface area (Å²) in [5, 5.41) is 3.33. The van der Waals surface area contributed by atoms with Crippen molar-refractivity contribution in [3.63, 3.8) is 0 Å². The highest BCUT2D eigenvalue weighted by molar-refractivity contribution is 5.77. The third-order valence-electron chi connectivity index (χ3n) is 3.45.